The number of rotatable bonds is 1. The maximum absolute atomic E-state index is 6.17. The van der Waals surface area contributed by atoms with Crippen LogP contribution in [0.15, 0.2) is 0 Å². The number of hydrogen-bond acceptors (Lipinski definition) is 2. The van der Waals surface area contributed by atoms with E-state index in [4.69, 9.17) is 9.31 Å². The molecule has 0 radical (unpaired) electrons. The number of hydrogen-bond donors (Lipinski definition) is 0. The molecule has 2 bridgehead atoms. The van der Waals surface area contributed by atoms with Crippen LogP contribution in [0.1, 0.15) is 53.4 Å². The average Bonchev–Trinajstić information content (AvgIpc) is 2.61. The van der Waals surface area contributed by atoms with E-state index >= 15 is 0 Å². The third-order valence-corrected chi connectivity index (χ3v) is 5.19. The van der Waals surface area contributed by atoms with E-state index in [1.807, 2.05) is 0 Å². The van der Waals surface area contributed by atoms with Gasteiger partial charge in [-0.2, -0.15) is 0 Å². The van der Waals surface area contributed by atoms with Gasteiger partial charge in [-0.05, 0) is 52.9 Å². The van der Waals surface area contributed by atoms with Crippen LogP contribution < -0.4 is 0 Å². The van der Waals surface area contributed by atoms with Crippen molar-refractivity contribution in [1.82, 2.24) is 0 Å². The fraction of sp³-hybridized carbons (Fsp3) is 1.00. The first-order chi connectivity index (χ1) is 6.85. The molecule has 2 nitrogen and oxygen atoms in total. The van der Waals surface area contributed by atoms with Crippen LogP contribution >= 0.6 is 0 Å². The van der Waals surface area contributed by atoms with Crippen LogP contribution in [-0.2, 0) is 9.31 Å². The van der Waals surface area contributed by atoms with Crippen LogP contribution in [0.2, 0.25) is 5.31 Å². The molecule has 4 fully saturated rings. The van der Waals surface area contributed by atoms with Crippen LogP contribution in [-0.4, -0.2) is 18.3 Å². The van der Waals surface area contributed by atoms with Gasteiger partial charge in [-0.25, -0.2) is 0 Å². The summed E-state index contributed by atoms with van der Waals surface area (Å²) >= 11 is 0. The zero-order chi connectivity index (χ0) is 10.9. The fourth-order valence-corrected chi connectivity index (χ4v) is 3.39. The summed E-state index contributed by atoms with van der Waals surface area (Å²) in [4.78, 5) is 0. The summed E-state index contributed by atoms with van der Waals surface area (Å²) in [6.45, 7) is 8.59. The van der Waals surface area contributed by atoms with Crippen molar-refractivity contribution < 1.29 is 9.31 Å². The van der Waals surface area contributed by atoms with Gasteiger partial charge in [-0.15, -0.1) is 0 Å². The second kappa shape index (κ2) is 2.62. The highest BCUT2D eigenvalue weighted by Gasteiger charge is 2.65. The predicted octanol–water partition coefficient (Wildman–Crippen LogP) is 3.02. The van der Waals surface area contributed by atoms with E-state index < -0.39 is 0 Å². The van der Waals surface area contributed by atoms with E-state index in [0.29, 0.717) is 5.31 Å². The lowest BCUT2D eigenvalue weighted by atomic mass is 9.48. The standard InChI is InChI=1S/C12H21BO2/c1-10(2)11(3,4)15-13(14-10)12-6-5-9(7-12)8-12/h9H,5-8H2,1-4H3. The van der Waals surface area contributed by atoms with Crippen LogP contribution in [0.4, 0.5) is 0 Å². The predicted molar refractivity (Wildman–Crippen MR) is 60.7 cm³/mol. The summed E-state index contributed by atoms with van der Waals surface area (Å²) in [6.07, 6.45) is 5.38. The quantitative estimate of drug-likeness (QED) is 0.616. The van der Waals surface area contributed by atoms with Crippen LogP contribution in [0.3, 0.4) is 0 Å². The monoisotopic (exact) mass is 208 g/mol. The summed E-state index contributed by atoms with van der Waals surface area (Å²) in [5.74, 6) is 0.976. The van der Waals surface area contributed by atoms with Crippen LogP contribution in [0.5, 0.6) is 0 Å². The summed E-state index contributed by atoms with van der Waals surface area (Å²) in [6, 6.07) is 0. The Labute approximate surface area is 92.9 Å². The van der Waals surface area contributed by atoms with Gasteiger partial charge in [-0.3, -0.25) is 0 Å². The van der Waals surface area contributed by atoms with Gasteiger partial charge in [0, 0.05) is 5.31 Å². The van der Waals surface area contributed by atoms with E-state index in [-0.39, 0.29) is 18.3 Å². The molecule has 1 heterocycles. The summed E-state index contributed by atoms with van der Waals surface area (Å²) in [5.41, 5.74) is -0.305. The van der Waals surface area contributed by atoms with Crippen molar-refractivity contribution in [2.75, 3.05) is 0 Å². The Bertz CT molecular complexity index is 270. The topological polar surface area (TPSA) is 18.5 Å². The molecular formula is C12H21BO2. The lowest BCUT2D eigenvalue weighted by Crippen LogP contribution is -2.41. The van der Waals surface area contributed by atoms with Crippen LogP contribution in [0.25, 0.3) is 0 Å². The van der Waals surface area contributed by atoms with Gasteiger partial charge in [0.1, 0.15) is 0 Å². The van der Waals surface area contributed by atoms with Gasteiger partial charge in [0.2, 0.25) is 0 Å². The number of fused-ring (bicyclic) bond motifs is 1. The molecule has 1 aliphatic heterocycles. The Kier molecular flexibility index (Phi) is 1.78. The largest absolute Gasteiger partial charge is 0.464 e. The SMILES string of the molecule is CC1(C)OB(C23CCC(C2)C3)OC1(C)C. The maximum atomic E-state index is 6.17. The van der Waals surface area contributed by atoms with E-state index in [0.717, 1.165) is 5.92 Å². The van der Waals surface area contributed by atoms with Crippen LogP contribution in [0, 0.1) is 5.92 Å². The fourth-order valence-electron chi connectivity index (χ4n) is 3.39. The van der Waals surface area contributed by atoms with E-state index in [9.17, 15) is 0 Å². The second-order valence-corrected chi connectivity index (χ2v) is 6.76. The Morgan fingerprint density at radius 2 is 1.53 bits per heavy atom. The first-order valence-corrected chi connectivity index (χ1v) is 6.20. The highest BCUT2D eigenvalue weighted by Crippen LogP contribution is 2.68. The molecule has 0 aromatic carbocycles. The summed E-state index contributed by atoms with van der Waals surface area (Å²) in [7, 11) is 0.0567. The highest BCUT2D eigenvalue weighted by atomic mass is 16.7. The molecule has 0 amide bonds. The van der Waals surface area contributed by atoms with Gasteiger partial charge >= 0.3 is 7.12 Å². The summed E-state index contributed by atoms with van der Waals surface area (Å²) < 4.78 is 12.3. The molecule has 0 atom stereocenters. The molecule has 4 aliphatic rings. The zero-order valence-corrected chi connectivity index (χ0v) is 10.3. The lowest BCUT2D eigenvalue weighted by molar-refractivity contribution is 0.00578. The minimum atomic E-state index is -0.153. The molecule has 3 heteroatoms. The third-order valence-electron chi connectivity index (χ3n) is 5.19. The van der Waals surface area contributed by atoms with Crippen molar-refractivity contribution in [3.63, 3.8) is 0 Å². The Morgan fingerprint density at radius 1 is 1.00 bits per heavy atom. The van der Waals surface area contributed by atoms with Gasteiger partial charge < -0.3 is 9.31 Å². The molecular weight excluding hydrogens is 187 g/mol. The van der Waals surface area contributed by atoms with Gasteiger partial charge in [0.05, 0.1) is 11.2 Å². The Morgan fingerprint density at radius 3 is 1.93 bits per heavy atom. The normalized spacial score (nSPS) is 45.6. The smallest absolute Gasteiger partial charge is 0.403 e. The minimum Gasteiger partial charge on any atom is -0.403 e. The van der Waals surface area contributed by atoms with Crippen molar-refractivity contribution in [2.24, 2.45) is 5.92 Å². The minimum absolute atomic E-state index is 0.0567. The van der Waals surface area contributed by atoms with Gasteiger partial charge in [-0.1, -0.05) is 6.42 Å². The molecule has 3 aliphatic carbocycles. The molecule has 0 spiro atoms. The van der Waals surface area contributed by atoms with Crippen molar-refractivity contribution in [2.45, 2.75) is 69.9 Å². The van der Waals surface area contributed by atoms with E-state index in [1.165, 1.54) is 25.7 Å². The Balaban J connectivity index is 1.81. The van der Waals surface area contributed by atoms with Gasteiger partial charge in [0.15, 0.2) is 0 Å². The molecule has 0 aromatic rings. The molecule has 1 saturated heterocycles. The molecule has 0 unspecified atom stereocenters. The van der Waals surface area contributed by atoms with Crippen molar-refractivity contribution in [3.8, 4) is 0 Å². The second-order valence-electron chi connectivity index (χ2n) is 6.76. The molecule has 84 valence electrons. The lowest BCUT2D eigenvalue weighted by Gasteiger charge is -2.39. The molecule has 3 saturated carbocycles. The van der Waals surface area contributed by atoms with Crippen molar-refractivity contribution in [1.29, 1.82) is 0 Å². The average molecular weight is 208 g/mol. The van der Waals surface area contributed by atoms with Crippen molar-refractivity contribution in [3.05, 3.63) is 0 Å². The third kappa shape index (κ3) is 1.20. The molecule has 15 heavy (non-hydrogen) atoms. The molecule has 4 rings (SSSR count). The molecule has 0 aromatic heterocycles. The Hall–Kier alpha value is -0.0151. The first kappa shape index (κ1) is 10.2. The first-order valence-electron chi connectivity index (χ1n) is 6.20. The van der Waals surface area contributed by atoms with E-state index in [2.05, 4.69) is 27.7 Å². The zero-order valence-electron chi connectivity index (χ0n) is 10.3. The highest BCUT2D eigenvalue weighted by molar-refractivity contribution is 6.50. The van der Waals surface area contributed by atoms with Crippen molar-refractivity contribution >= 4 is 7.12 Å². The van der Waals surface area contributed by atoms with Gasteiger partial charge in [0.25, 0.3) is 0 Å². The molecule has 0 N–H and O–H groups in total. The maximum Gasteiger partial charge on any atom is 0.464 e. The summed E-state index contributed by atoms with van der Waals surface area (Å²) in [5, 5.41) is 0.385. The van der Waals surface area contributed by atoms with E-state index in [1.54, 1.807) is 0 Å².